The van der Waals surface area contributed by atoms with Gasteiger partial charge in [0.25, 0.3) is 5.91 Å². The number of aryl methyl sites for hydroxylation is 1. The SMILES string of the molecule is Cn1cnc(C(=O)N2C[C@H]3COC[C@@H]2CN(Cc2ccsc2)C3)c1. The molecular weight excluding hydrogens is 324 g/mol. The van der Waals surface area contributed by atoms with E-state index in [0.29, 0.717) is 18.2 Å². The van der Waals surface area contributed by atoms with Gasteiger partial charge in [0.15, 0.2) is 0 Å². The lowest BCUT2D eigenvalue weighted by Gasteiger charge is -2.30. The van der Waals surface area contributed by atoms with Crippen molar-refractivity contribution in [3.05, 3.63) is 40.6 Å². The number of carbonyl (C=O) groups excluding carboxylic acids is 1. The maximum Gasteiger partial charge on any atom is 0.274 e. The van der Waals surface area contributed by atoms with Gasteiger partial charge in [0, 0.05) is 45.3 Å². The predicted octanol–water partition coefficient (Wildman–Crippen LogP) is 1.45. The van der Waals surface area contributed by atoms with Crippen LogP contribution in [-0.2, 0) is 18.3 Å². The van der Waals surface area contributed by atoms with E-state index in [2.05, 4.69) is 26.7 Å². The van der Waals surface area contributed by atoms with Gasteiger partial charge in [0.05, 0.1) is 25.6 Å². The fraction of sp³-hybridized carbons (Fsp3) is 0.529. The van der Waals surface area contributed by atoms with Crippen molar-refractivity contribution in [1.29, 1.82) is 0 Å². The minimum absolute atomic E-state index is 0.0217. The van der Waals surface area contributed by atoms with E-state index in [-0.39, 0.29) is 11.9 Å². The minimum Gasteiger partial charge on any atom is -0.379 e. The highest BCUT2D eigenvalue weighted by molar-refractivity contribution is 7.07. The Kier molecular flexibility index (Phi) is 4.39. The first-order valence-corrected chi connectivity index (χ1v) is 9.23. The van der Waals surface area contributed by atoms with Gasteiger partial charge in [-0.1, -0.05) is 0 Å². The average Bonchev–Trinajstić information content (AvgIpc) is 3.12. The molecule has 2 atom stereocenters. The summed E-state index contributed by atoms with van der Waals surface area (Å²) in [6.07, 6.45) is 3.47. The van der Waals surface area contributed by atoms with Crippen molar-refractivity contribution in [2.24, 2.45) is 13.0 Å². The van der Waals surface area contributed by atoms with Crippen molar-refractivity contribution >= 4 is 17.2 Å². The van der Waals surface area contributed by atoms with Gasteiger partial charge < -0.3 is 14.2 Å². The molecule has 0 N–H and O–H groups in total. The quantitative estimate of drug-likeness (QED) is 0.844. The van der Waals surface area contributed by atoms with Crippen LogP contribution in [0.15, 0.2) is 29.4 Å². The highest BCUT2D eigenvalue weighted by Crippen LogP contribution is 2.23. The normalized spacial score (nSPS) is 24.8. The Morgan fingerprint density at radius 2 is 2.29 bits per heavy atom. The fourth-order valence-corrected chi connectivity index (χ4v) is 4.29. The number of rotatable bonds is 3. The zero-order valence-corrected chi connectivity index (χ0v) is 14.6. The molecule has 6 nitrogen and oxygen atoms in total. The number of imidazole rings is 1. The number of nitrogens with zero attached hydrogens (tertiary/aromatic N) is 4. The average molecular weight is 346 g/mol. The van der Waals surface area contributed by atoms with Crippen molar-refractivity contribution in [3.63, 3.8) is 0 Å². The number of carbonyl (C=O) groups is 1. The second kappa shape index (κ2) is 6.66. The van der Waals surface area contributed by atoms with E-state index in [4.69, 9.17) is 4.74 Å². The Balaban J connectivity index is 1.53. The molecule has 2 aliphatic heterocycles. The van der Waals surface area contributed by atoms with Crippen LogP contribution in [0.1, 0.15) is 16.1 Å². The third kappa shape index (κ3) is 3.24. The van der Waals surface area contributed by atoms with Crippen LogP contribution in [0.4, 0.5) is 0 Å². The molecule has 2 aromatic rings. The summed E-state index contributed by atoms with van der Waals surface area (Å²) in [6, 6.07) is 2.27. The first-order valence-electron chi connectivity index (χ1n) is 8.29. The third-order valence-electron chi connectivity index (χ3n) is 4.72. The van der Waals surface area contributed by atoms with Crippen LogP contribution in [0.5, 0.6) is 0 Å². The molecule has 2 saturated heterocycles. The zero-order chi connectivity index (χ0) is 16.5. The van der Waals surface area contributed by atoms with E-state index in [1.807, 2.05) is 16.5 Å². The zero-order valence-electron chi connectivity index (χ0n) is 13.8. The molecule has 2 aliphatic rings. The lowest BCUT2D eigenvalue weighted by atomic mass is 10.1. The lowest BCUT2D eigenvalue weighted by molar-refractivity contribution is 0.0422. The van der Waals surface area contributed by atoms with Gasteiger partial charge in [-0.05, 0) is 22.4 Å². The number of hydrogen-bond acceptors (Lipinski definition) is 5. The van der Waals surface area contributed by atoms with Gasteiger partial charge in [-0.3, -0.25) is 9.69 Å². The van der Waals surface area contributed by atoms with E-state index in [1.54, 1.807) is 23.9 Å². The van der Waals surface area contributed by atoms with Gasteiger partial charge in [-0.15, -0.1) is 0 Å². The van der Waals surface area contributed by atoms with Crippen LogP contribution in [0.3, 0.4) is 0 Å². The molecule has 0 saturated carbocycles. The molecule has 4 rings (SSSR count). The maximum atomic E-state index is 12.9. The van der Waals surface area contributed by atoms with Crippen LogP contribution < -0.4 is 0 Å². The fourth-order valence-electron chi connectivity index (χ4n) is 3.63. The maximum absolute atomic E-state index is 12.9. The highest BCUT2D eigenvalue weighted by atomic mass is 32.1. The molecule has 4 heterocycles. The molecule has 2 bridgehead atoms. The summed E-state index contributed by atoms with van der Waals surface area (Å²) in [4.78, 5) is 21.6. The number of hydrogen-bond donors (Lipinski definition) is 0. The highest BCUT2D eigenvalue weighted by Gasteiger charge is 2.36. The number of thiophene rings is 1. The number of aromatic nitrogens is 2. The molecule has 2 fully saturated rings. The lowest BCUT2D eigenvalue weighted by Crippen LogP contribution is -2.46. The second-order valence-corrected chi connectivity index (χ2v) is 7.54. The summed E-state index contributed by atoms with van der Waals surface area (Å²) in [6.45, 7) is 4.85. The van der Waals surface area contributed by atoms with Gasteiger partial charge in [0.1, 0.15) is 5.69 Å². The van der Waals surface area contributed by atoms with Gasteiger partial charge in [-0.25, -0.2) is 4.98 Å². The van der Waals surface area contributed by atoms with Gasteiger partial charge in [0.2, 0.25) is 0 Å². The first-order chi connectivity index (χ1) is 11.7. The second-order valence-electron chi connectivity index (χ2n) is 6.76. The van der Waals surface area contributed by atoms with Crippen molar-refractivity contribution in [1.82, 2.24) is 19.4 Å². The molecular formula is C17H22N4O2S. The molecule has 128 valence electrons. The number of amides is 1. The molecule has 0 radical (unpaired) electrons. The molecule has 1 amide bonds. The molecule has 2 aromatic heterocycles. The number of ether oxygens (including phenoxy) is 1. The van der Waals surface area contributed by atoms with E-state index >= 15 is 0 Å². The Labute approximate surface area is 145 Å². The molecule has 0 spiro atoms. The van der Waals surface area contributed by atoms with Crippen LogP contribution >= 0.6 is 11.3 Å². The third-order valence-corrected chi connectivity index (χ3v) is 5.45. The van der Waals surface area contributed by atoms with Gasteiger partial charge >= 0.3 is 0 Å². The van der Waals surface area contributed by atoms with Crippen molar-refractivity contribution in [2.75, 3.05) is 32.8 Å². The molecule has 0 aliphatic carbocycles. The summed E-state index contributed by atoms with van der Waals surface area (Å²) < 4.78 is 7.64. The van der Waals surface area contributed by atoms with Crippen LogP contribution in [0.2, 0.25) is 0 Å². The van der Waals surface area contributed by atoms with E-state index in [0.717, 1.165) is 32.8 Å². The Morgan fingerprint density at radius 1 is 1.38 bits per heavy atom. The predicted molar refractivity (Wildman–Crippen MR) is 91.9 cm³/mol. The molecule has 0 unspecified atom stereocenters. The van der Waals surface area contributed by atoms with Crippen molar-refractivity contribution < 1.29 is 9.53 Å². The minimum atomic E-state index is 0.0217. The Hall–Kier alpha value is -1.70. The summed E-state index contributed by atoms with van der Waals surface area (Å²) >= 11 is 1.73. The molecule has 7 heteroatoms. The monoisotopic (exact) mass is 346 g/mol. The Bertz CT molecular complexity index is 699. The van der Waals surface area contributed by atoms with Crippen molar-refractivity contribution in [3.8, 4) is 0 Å². The van der Waals surface area contributed by atoms with Crippen LogP contribution in [-0.4, -0.2) is 64.1 Å². The van der Waals surface area contributed by atoms with Crippen LogP contribution in [0, 0.1) is 5.92 Å². The smallest absolute Gasteiger partial charge is 0.274 e. The number of fused-ring (bicyclic) bond motifs is 3. The van der Waals surface area contributed by atoms with Gasteiger partial charge in [-0.2, -0.15) is 11.3 Å². The van der Waals surface area contributed by atoms with Crippen molar-refractivity contribution in [2.45, 2.75) is 12.6 Å². The first kappa shape index (κ1) is 15.8. The van der Waals surface area contributed by atoms with E-state index in [1.165, 1.54) is 5.56 Å². The summed E-state index contributed by atoms with van der Waals surface area (Å²) in [5.41, 5.74) is 1.87. The van der Waals surface area contributed by atoms with Crippen LogP contribution in [0.25, 0.3) is 0 Å². The standard InChI is InChI=1S/C17H22N4O2S/c1-19-8-16(18-12-19)17(22)21-6-14-5-20(4-13-2-3-24-11-13)7-15(21)10-23-9-14/h2-3,8,11-12,14-15H,4-7,9-10H2,1H3/t14-,15-/m0/s1. The summed E-state index contributed by atoms with van der Waals surface area (Å²) in [5, 5.41) is 4.32. The topological polar surface area (TPSA) is 50.6 Å². The van der Waals surface area contributed by atoms with E-state index < -0.39 is 0 Å². The molecule has 0 aromatic carbocycles. The summed E-state index contributed by atoms with van der Waals surface area (Å²) in [7, 11) is 1.89. The molecule has 24 heavy (non-hydrogen) atoms. The largest absolute Gasteiger partial charge is 0.379 e. The van der Waals surface area contributed by atoms with E-state index in [9.17, 15) is 4.79 Å². The summed E-state index contributed by atoms with van der Waals surface area (Å²) in [5.74, 6) is 0.372. The Morgan fingerprint density at radius 3 is 3.04 bits per heavy atom.